The van der Waals surface area contributed by atoms with Gasteiger partial charge in [0.1, 0.15) is 0 Å². The van der Waals surface area contributed by atoms with Gasteiger partial charge in [0, 0.05) is 18.9 Å². The van der Waals surface area contributed by atoms with Gasteiger partial charge in [0.05, 0.1) is 16.4 Å². The number of unbranched alkanes of at least 4 members (excludes halogenated alkanes) is 3. The Morgan fingerprint density at radius 3 is 2.59 bits per heavy atom. The van der Waals surface area contributed by atoms with E-state index in [4.69, 9.17) is 11.6 Å². The molecule has 0 spiro atoms. The van der Waals surface area contributed by atoms with Crippen LogP contribution in [0.5, 0.6) is 0 Å². The predicted octanol–water partition coefficient (Wildman–Crippen LogP) is 3.43. The predicted molar refractivity (Wildman–Crippen MR) is 76.9 cm³/mol. The van der Waals surface area contributed by atoms with Crippen LogP contribution in [0, 0.1) is 6.92 Å². The monoisotopic (exact) mass is 321 g/mol. The van der Waals surface area contributed by atoms with Gasteiger partial charge in [-0.3, -0.25) is 4.68 Å². The van der Waals surface area contributed by atoms with Gasteiger partial charge in [0.2, 0.25) is 0 Å². The summed E-state index contributed by atoms with van der Waals surface area (Å²) >= 11 is 9.61. The van der Waals surface area contributed by atoms with Crippen molar-refractivity contribution in [3.05, 3.63) is 16.4 Å². The third-order valence-corrected chi connectivity index (χ3v) is 3.84. The lowest BCUT2D eigenvalue weighted by Gasteiger charge is -2.05. The highest BCUT2D eigenvalue weighted by Crippen LogP contribution is 2.18. The van der Waals surface area contributed by atoms with E-state index in [-0.39, 0.29) is 0 Å². The molecule has 0 aliphatic carbocycles. The number of rotatable bonds is 8. The van der Waals surface area contributed by atoms with Gasteiger partial charge in [0.15, 0.2) is 0 Å². The third-order valence-electron chi connectivity index (χ3n) is 2.79. The Balaban J connectivity index is 2.18. The highest BCUT2D eigenvalue weighted by Gasteiger charge is 2.09. The van der Waals surface area contributed by atoms with Crippen LogP contribution in [0.25, 0.3) is 0 Å². The molecule has 0 saturated heterocycles. The largest absolute Gasteiger partial charge is 0.311 e. The van der Waals surface area contributed by atoms with Gasteiger partial charge < -0.3 is 5.32 Å². The quantitative estimate of drug-likeness (QED) is 0.587. The molecule has 0 radical (unpaired) electrons. The Hall–Kier alpha value is -0.0600. The van der Waals surface area contributed by atoms with E-state index in [1.54, 1.807) is 0 Å². The van der Waals surface area contributed by atoms with Crippen LogP contribution in [0.2, 0.25) is 5.02 Å². The lowest BCUT2D eigenvalue weighted by molar-refractivity contribution is 0.578. The average molecular weight is 323 g/mol. The van der Waals surface area contributed by atoms with Gasteiger partial charge in [-0.25, -0.2) is 0 Å². The molecule has 5 heteroatoms. The lowest BCUT2D eigenvalue weighted by Crippen LogP contribution is -2.17. The fourth-order valence-electron chi connectivity index (χ4n) is 1.78. The van der Waals surface area contributed by atoms with Crippen molar-refractivity contribution in [1.82, 2.24) is 15.1 Å². The van der Waals surface area contributed by atoms with E-state index in [1.165, 1.54) is 25.7 Å². The molecule has 17 heavy (non-hydrogen) atoms. The van der Waals surface area contributed by atoms with E-state index in [9.17, 15) is 0 Å². The van der Waals surface area contributed by atoms with Crippen molar-refractivity contribution in [3.8, 4) is 0 Å². The molecule has 1 heterocycles. The maximum atomic E-state index is 6.17. The second kappa shape index (κ2) is 8.11. The summed E-state index contributed by atoms with van der Waals surface area (Å²) in [4.78, 5) is 0. The summed E-state index contributed by atoms with van der Waals surface area (Å²) in [6.45, 7) is 3.78. The second-order valence-corrected chi connectivity index (χ2v) is 5.42. The Morgan fingerprint density at radius 2 is 2.00 bits per heavy atom. The van der Waals surface area contributed by atoms with Crippen molar-refractivity contribution in [3.63, 3.8) is 0 Å². The van der Waals surface area contributed by atoms with E-state index in [0.29, 0.717) is 0 Å². The van der Waals surface area contributed by atoms with Crippen molar-refractivity contribution < 1.29 is 0 Å². The van der Waals surface area contributed by atoms with Crippen molar-refractivity contribution in [1.29, 1.82) is 0 Å². The highest BCUT2D eigenvalue weighted by atomic mass is 79.9. The van der Waals surface area contributed by atoms with E-state index >= 15 is 0 Å². The zero-order chi connectivity index (χ0) is 12.7. The van der Waals surface area contributed by atoms with Gasteiger partial charge in [-0.1, -0.05) is 40.4 Å². The summed E-state index contributed by atoms with van der Waals surface area (Å²) in [6.07, 6.45) is 5.09. The summed E-state index contributed by atoms with van der Waals surface area (Å²) in [5, 5.41) is 9.61. The van der Waals surface area contributed by atoms with Crippen LogP contribution in [-0.2, 0) is 13.6 Å². The average Bonchev–Trinajstić information content (AvgIpc) is 2.54. The van der Waals surface area contributed by atoms with Crippen molar-refractivity contribution in [2.24, 2.45) is 7.05 Å². The van der Waals surface area contributed by atoms with Crippen LogP contribution >= 0.6 is 27.5 Å². The van der Waals surface area contributed by atoms with Gasteiger partial charge in [-0.05, 0) is 26.3 Å². The first-order valence-electron chi connectivity index (χ1n) is 6.11. The fourth-order valence-corrected chi connectivity index (χ4v) is 2.40. The molecule has 1 rings (SSSR count). The Bertz CT molecular complexity index is 339. The van der Waals surface area contributed by atoms with E-state index in [1.807, 2.05) is 18.7 Å². The normalized spacial score (nSPS) is 11.1. The Labute approximate surface area is 117 Å². The number of aryl methyl sites for hydroxylation is 2. The molecule has 1 aromatic rings. The van der Waals surface area contributed by atoms with Crippen LogP contribution in [-0.4, -0.2) is 21.7 Å². The molecule has 0 aromatic carbocycles. The molecule has 1 aromatic heterocycles. The number of alkyl halides is 1. The molecule has 0 saturated carbocycles. The highest BCUT2D eigenvalue weighted by molar-refractivity contribution is 9.09. The minimum Gasteiger partial charge on any atom is -0.311 e. The first-order chi connectivity index (χ1) is 8.16. The van der Waals surface area contributed by atoms with E-state index < -0.39 is 0 Å². The van der Waals surface area contributed by atoms with Crippen molar-refractivity contribution in [2.45, 2.75) is 39.2 Å². The molecule has 0 atom stereocenters. The minimum atomic E-state index is 0.791. The van der Waals surface area contributed by atoms with Gasteiger partial charge >= 0.3 is 0 Å². The van der Waals surface area contributed by atoms with Gasteiger partial charge in [-0.15, -0.1) is 0 Å². The van der Waals surface area contributed by atoms with Crippen LogP contribution in [0.3, 0.4) is 0 Å². The minimum absolute atomic E-state index is 0.791. The molecule has 0 bridgehead atoms. The number of halogens is 2. The zero-order valence-electron chi connectivity index (χ0n) is 10.6. The van der Waals surface area contributed by atoms with Crippen molar-refractivity contribution >= 4 is 27.5 Å². The van der Waals surface area contributed by atoms with E-state index in [0.717, 1.165) is 34.8 Å². The summed E-state index contributed by atoms with van der Waals surface area (Å²) in [5.41, 5.74) is 1.98. The molecule has 0 aliphatic rings. The standard InChI is InChI=1S/C12H21BrClN3/c1-10-12(14)11(17(2)16-10)9-15-8-6-4-3-5-7-13/h15H,3-9H2,1-2H3. The Kier molecular flexibility index (Phi) is 7.16. The van der Waals surface area contributed by atoms with Crippen LogP contribution in [0.4, 0.5) is 0 Å². The molecular weight excluding hydrogens is 302 g/mol. The second-order valence-electron chi connectivity index (χ2n) is 4.25. The summed E-state index contributed by atoms with van der Waals surface area (Å²) in [5.74, 6) is 0. The molecule has 0 unspecified atom stereocenters. The maximum Gasteiger partial charge on any atom is 0.0860 e. The number of hydrogen-bond donors (Lipinski definition) is 1. The molecule has 98 valence electrons. The molecule has 0 fully saturated rings. The molecule has 1 N–H and O–H groups in total. The molecule has 3 nitrogen and oxygen atoms in total. The van der Waals surface area contributed by atoms with Crippen LogP contribution in [0.15, 0.2) is 0 Å². The Morgan fingerprint density at radius 1 is 1.29 bits per heavy atom. The van der Waals surface area contributed by atoms with Gasteiger partial charge in [0.25, 0.3) is 0 Å². The fraction of sp³-hybridized carbons (Fsp3) is 0.750. The summed E-state index contributed by atoms with van der Waals surface area (Å²) < 4.78 is 1.86. The number of aromatic nitrogens is 2. The topological polar surface area (TPSA) is 29.9 Å². The molecular formula is C12H21BrClN3. The van der Waals surface area contributed by atoms with Crippen LogP contribution < -0.4 is 5.32 Å². The lowest BCUT2D eigenvalue weighted by atomic mass is 10.2. The summed E-state index contributed by atoms with van der Waals surface area (Å²) in [7, 11) is 1.94. The number of hydrogen-bond acceptors (Lipinski definition) is 2. The van der Waals surface area contributed by atoms with Crippen LogP contribution in [0.1, 0.15) is 37.1 Å². The zero-order valence-corrected chi connectivity index (χ0v) is 12.9. The number of nitrogens with zero attached hydrogens (tertiary/aromatic N) is 2. The first-order valence-corrected chi connectivity index (χ1v) is 7.61. The molecule has 0 amide bonds. The SMILES string of the molecule is Cc1nn(C)c(CNCCCCCCBr)c1Cl. The smallest absolute Gasteiger partial charge is 0.0860 e. The first kappa shape index (κ1) is 15.0. The van der Waals surface area contributed by atoms with Gasteiger partial charge in [-0.2, -0.15) is 5.10 Å². The summed E-state index contributed by atoms with van der Waals surface area (Å²) in [6, 6.07) is 0. The third kappa shape index (κ3) is 4.98. The number of nitrogens with one attached hydrogen (secondary N) is 1. The molecule has 0 aliphatic heterocycles. The van der Waals surface area contributed by atoms with E-state index in [2.05, 4.69) is 26.3 Å². The van der Waals surface area contributed by atoms with Crippen molar-refractivity contribution in [2.75, 3.05) is 11.9 Å². The maximum absolute atomic E-state index is 6.17.